The quantitative estimate of drug-likeness (QED) is 0.502. The number of nitro groups is 1. The van der Waals surface area contributed by atoms with Gasteiger partial charge in [-0.15, -0.1) is 0 Å². The summed E-state index contributed by atoms with van der Waals surface area (Å²) in [5, 5.41) is 17.0. The van der Waals surface area contributed by atoms with Crippen molar-refractivity contribution in [2.75, 3.05) is 11.1 Å². The molecule has 0 bridgehead atoms. The molecule has 2 rings (SSSR count). The summed E-state index contributed by atoms with van der Waals surface area (Å²) in [6.07, 6.45) is 0. The van der Waals surface area contributed by atoms with Crippen molar-refractivity contribution in [3.63, 3.8) is 0 Å². The van der Waals surface area contributed by atoms with Crippen LogP contribution in [0.1, 0.15) is 21.6 Å². The maximum atomic E-state index is 12.1. The van der Waals surface area contributed by atoms with Crippen LogP contribution in [0.25, 0.3) is 0 Å². The molecular formula is C12H12N4O4. The van der Waals surface area contributed by atoms with E-state index in [-0.39, 0.29) is 22.8 Å². The molecule has 3 N–H and O–H groups in total. The molecule has 1 amide bonds. The highest BCUT2D eigenvalue weighted by molar-refractivity contribution is 6.07. The van der Waals surface area contributed by atoms with Gasteiger partial charge in [0.15, 0.2) is 0 Å². The second-order valence-corrected chi connectivity index (χ2v) is 4.21. The lowest BCUT2D eigenvalue weighted by atomic mass is 10.1. The fourth-order valence-corrected chi connectivity index (χ4v) is 1.60. The van der Waals surface area contributed by atoms with Crippen LogP contribution in [0.2, 0.25) is 0 Å². The molecule has 0 unspecified atom stereocenters. The molecule has 0 aliphatic carbocycles. The molecular weight excluding hydrogens is 264 g/mol. The lowest BCUT2D eigenvalue weighted by Gasteiger charge is -2.04. The van der Waals surface area contributed by atoms with Gasteiger partial charge in [-0.1, -0.05) is 5.16 Å². The molecule has 8 heteroatoms. The summed E-state index contributed by atoms with van der Waals surface area (Å²) >= 11 is 0. The highest BCUT2D eigenvalue weighted by atomic mass is 16.6. The number of nitro benzene ring substituents is 1. The number of nitrogens with zero attached hydrogens (tertiary/aromatic N) is 2. The number of nitrogens with two attached hydrogens (primary N) is 1. The van der Waals surface area contributed by atoms with Crippen molar-refractivity contribution < 1.29 is 14.2 Å². The monoisotopic (exact) mass is 276 g/mol. The molecule has 0 saturated heterocycles. The summed E-state index contributed by atoms with van der Waals surface area (Å²) in [4.78, 5) is 22.4. The van der Waals surface area contributed by atoms with Crippen molar-refractivity contribution in [1.82, 2.24) is 5.16 Å². The zero-order valence-electron chi connectivity index (χ0n) is 10.8. The second-order valence-electron chi connectivity index (χ2n) is 4.21. The third kappa shape index (κ3) is 2.44. The average molecular weight is 276 g/mol. The summed E-state index contributed by atoms with van der Waals surface area (Å²) in [5.74, 6) is -0.521. The van der Waals surface area contributed by atoms with Gasteiger partial charge in [0, 0.05) is 17.3 Å². The summed E-state index contributed by atoms with van der Waals surface area (Å²) < 4.78 is 4.93. The highest BCUT2D eigenvalue weighted by Crippen LogP contribution is 2.24. The summed E-state index contributed by atoms with van der Waals surface area (Å²) in [5.41, 5.74) is 6.63. The van der Waals surface area contributed by atoms with Crippen molar-refractivity contribution in [2.45, 2.75) is 13.8 Å². The van der Waals surface area contributed by atoms with Crippen LogP contribution in [0.4, 0.5) is 17.3 Å². The predicted octanol–water partition coefficient (Wildman–Crippen LogP) is 2.03. The van der Waals surface area contributed by atoms with Crippen molar-refractivity contribution in [2.24, 2.45) is 0 Å². The van der Waals surface area contributed by atoms with Crippen molar-refractivity contribution in [3.05, 3.63) is 45.1 Å². The van der Waals surface area contributed by atoms with E-state index < -0.39 is 10.8 Å². The zero-order valence-corrected chi connectivity index (χ0v) is 10.8. The van der Waals surface area contributed by atoms with E-state index in [1.54, 1.807) is 13.8 Å². The Balaban J connectivity index is 2.36. The summed E-state index contributed by atoms with van der Waals surface area (Å²) in [7, 11) is 0. The predicted molar refractivity (Wildman–Crippen MR) is 71.4 cm³/mol. The third-order valence-electron chi connectivity index (χ3n) is 2.85. The number of amides is 1. The van der Waals surface area contributed by atoms with Crippen LogP contribution in [0.3, 0.4) is 0 Å². The number of nitrogens with one attached hydrogen (secondary N) is 1. The molecule has 0 radical (unpaired) electrons. The Hall–Kier alpha value is -2.90. The Morgan fingerprint density at radius 1 is 1.45 bits per heavy atom. The van der Waals surface area contributed by atoms with E-state index in [9.17, 15) is 14.9 Å². The molecule has 20 heavy (non-hydrogen) atoms. The van der Waals surface area contributed by atoms with Crippen molar-refractivity contribution >= 4 is 23.2 Å². The number of hydrogen-bond acceptors (Lipinski definition) is 6. The van der Waals surface area contributed by atoms with Gasteiger partial charge in [-0.3, -0.25) is 20.2 Å². The lowest BCUT2D eigenvalue weighted by Crippen LogP contribution is -2.14. The molecule has 1 aromatic heterocycles. The van der Waals surface area contributed by atoms with Crippen molar-refractivity contribution in [3.8, 4) is 0 Å². The molecule has 0 spiro atoms. The maximum absolute atomic E-state index is 12.1. The Kier molecular flexibility index (Phi) is 3.38. The SMILES string of the molecule is Cc1noc(NC(=O)c2cc(N)ccc2[N+](=O)[O-])c1C. The van der Waals surface area contributed by atoms with Gasteiger partial charge in [-0.25, -0.2) is 0 Å². The van der Waals surface area contributed by atoms with E-state index >= 15 is 0 Å². The van der Waals surface area contributed by atoms with E-state index in [1.807, 2.05) is 0 Å². The third-order valence-corrected chi connectivity index (χ3v) is 2.85. The second kappa shape index (κ2) is 5.00. The molecule has 0 saturated carbocycles. The number of hydrogen-bond donors (Lipinski definition) is 2. The molecule has 8 nitrogen and oxygen atoms in total. The first-order valence-electron chi connectivity index (χ1n) is 5.68. The van der Waals surface area contributed by atoms with Gasteiger partial charge in [-0.2, -0.15) is 0 Å². The Morgan fingerprint density at radius 2 is 2.15 bits per heavy atom. The largest absolute Gasteiger partial charge is 0.399 e. The normalized spacial score (nSPS) is 10.3. The minimum absolute atomic E-state index is 0.136. The standard InChI is InChI=1S/C12H12N4O4/c1-6-7(2)15-20-12(6)14-11(17)9-5-8(13)3-4-10(9)16(18)19/h3-5H,13H2,1-2H3,(H,14,17). The van der Waals surface area contributed by atoms with Crippen molar-refractivity contribution in [1.29, 1.82) is 0 Å². The van der Waals surface area contributed by atoms with E-state index in [4.69, 9.17) is 10.3 Å². The fraction of sp³-hybridized carbons (Fsp3) is 0.167. The Bertz CT molecular complexity index is 693. The molecule has 0 atom stereocenters. The number of anilines is 2. The number of rotatable bonds is 3. The van der Waals surface area contributed by atoms with Crippen LogP contribution in [-0.2, 0) is 0 Å². The van der Waals surface area contributed by atoms with E-state index in [0.717, 1.165) is 0 Å². The molecule has 0 fully saturated rings. The van der Waals surface area contributed by atoms with Crippen LogP contribution in [0, 0.1) is 24.0 Å². The number of benzene rings is 1. The van der Waals surface area contributed by atoms with Crippen LogP contribution in [0.5, 0.6) is 0 Å². The van der Waals surface area contributed by atoms with Gasteiger partial charge >= 0.3 is 0 Å². The van der Waals surface area contributed by atoms with E-state index in [2.05, 4.69) is 10.5 Å². The molecule has 0 aliphatic heterocycles. The van der Waals surface area contributed by atoms with Gasteiger partial charge < -0.3 is 10.3 Å². The Morgan fingerprint density at radius 3 is 2.70 bits per heavy atom. The summed E-state index contributed by atoms with van der Waals surface area (Å²) in [6, 6.07) is 3.79. The average Bonchev–Trinajstić information content (AvgIpc) is 2.70. The van der Waals surface area contributed by atoms with E-state index in [1.165, 1.54) is 18.2 Å². The number of carbonyl (C=O) groups is 1. The zero-order chi connectivity index (χ0) is 14.9. The van der Waals surface area contributed by atoms with Crippen LogP contribution in [-0.4, -0.2) is 16.0 Å². The topological polar surface area (TPSA) is 124 Å². The summed E-state index contributed by atoms with van der Waals surface area (Å²) in [6.45, 7) is 3.44. The first-order valence-corrected chi connectivity index (χ1v) is 5.68. The van der Waals surface area contributed by atoms with Gasteiger partial charge in [0.05, 0.1) is 10.6 Å². The number of aryl methyl sites for hydroxylation is 1. The first kappa shape index (κ1) is 13.5. The maximum Gasteiger partial charge on any atom is 0.282 e. The number of aromatic nitrogens is 1. The van der Waals surface area contributed by atoms with Crippen LogP contribution in [0.15, 0.2) is 22.7 Å². The van der Waals surface area contributed by atoms with Gasteiger partial charge in [0.2, 0.25) is 5.88 Å². The highest BCUT2D eigenvalue weighted by Gasteiger charge is 2.22. The van der Waals surface area contributed by atoms with E-state index in [0.29, 0.717) is 11.3 Å². The number of carbonyl (C=O) groups excluding carboxylic acids is 1. The molecule has 1 heterocycles. The smallest absolute Gasteiger partial charge is 0.282 e. The first-order chi connectivity index (χ1) is 9.40. The lowest BCUT2D eigenvalue weighted by molar-refractivity contribution is -0.385. The van der Waals surface area contributed by atoms with Gasteiger partial charge in [0.25, 0.3) is 11.6 Å². The molecule has 2 aromatic rings. The molecule has 104 valence electrons. The molecule has 1 aromatic carbocycles. The number of nitrogen functional groups attached to an aromatic ring is 1. The van der Waals surface area contributed by atoms with Gasteiger partial charge in [-0.05, 0) is 26.0 Å². The Labute approximate surface area is 113 Å². The minimum atomic E-state index is -0.678. The minimum Gasteiger partial charge on any atom is -0.399 e. The molecule has 0 aliphatic rings. The fourth-order valence-electron chi connectivity index (χ4n) is 1.60. The van der Waals surface area contributed by atoms with Crippen LogP contribution >= 0.6 is 0 Å². The van der Waals surface area contributed by atoms with Gasteiger partial charge in [0.1, 0.15) is 5.56 Å². The van der Waals surface area contributed by atoms with Crippen LogP contribution < -0.4 is 11.1 Å².